The van der Waals surface area contributed by atoms with Gasteiger partial charge < -0.3 is 34.3 Å². The minimum absolute atomic E-state index is 0.180. The lowest BCUT2D eigenvalue weighted by Gasteiger charge is -2.60. The Labute approximate surface area is 262 Å². The molecule has 0 aromatic carbocycles. The number of allylic oxidation sites excluding steroid dienone is 1. The van der Waals surface area contributed by atoms with Crippen LogP contribution in [-0.2, 0) is 23.7 Å². The molecule has 4 heterocycles. The van der Waals surface area contributed by atoms with Crippen molar-refractivity contribution in [2.24, 2.45) is 29.6 Å². The number of aliphatic hydroxyl groups excluding tert-OH is 2. The summed E-state index contributed by atoms with van der Waals surface area (Å²) in [5, 5.41) is 35.5. The van der Waals surface area contributed by atoms with Crippen LogP contribution in [0.25, 0.3) is 0 Å². The van der Waals surface area contributed by atoms with E-state index in [4.69, 9.17) is 18.9 Å². The lowest BCUT2D eigenvalue weighted by Crippen LogP contribution is -2.73. The maximum atomic E-state index is 14.3. The monoisotopic (exact) mass is 614 g/mol. The molecule has 8 nitrogen and oxygen atoms in total. The largest absolute Gasteiger partial charge is 0.393 e. The Hall–Kier alpha value is -1.13. The van der Waals surface area contributed by atoms with Gasteiger partial charge in [0.15, 0.2) is 11.4 Å². The second kappa shape index (κ2) is 11.0. The molecule has 0 amide bonds. The maximum absolute atomic E-state index is 14.3. The van der Waals surface area contributed by atoms with Crippen LogP contribution in [0, 0.1) is 29.6 Å². The van der Waals surface area contributed by atoms with E-state index in [-0.39, 0.29) is 17.6 Å². The van der Waals surface area contributed by atoms with Crippen LogP contribution in [0.4, 0.5) is 0 Å². The van der Waals surface area contributed by atoms with E-state index < -0.39 is 71.0 Å². The zero-order valence-electron chi connectivity index (χ0n) is 27.0. The molecular weight excluding hydrogens is 560 g/mol. The summed E-state index contributed by atoms with van der Waals surface area (Å²) in [7, 11) is 0. The van der Waals surface area contributed by atoms with E-state index in [1.54, 1.807) is 0 Å². The summed E-state index contributed by atoms with van der Waals surface area (Å²) >= 11 is 0. The molecule has 6 fully saturated rings. The lowest BCUT2D eigenvalue weighted by atomic mass is 9.52. The maximum Gasteiger partial charge on any atom is 0.306 e. The number of hydrogen-bond donors (Lipinski definition) is 3. The molecule has 3 N–H and O–H groups in total. The van der Waals surface area contributed by atoms with Crippen LogP contribution in [-0.4, -0.2) is 74.4 Å². The fourth-order valence-corrected chi connectivity index (χ4v) is 10.9. The van der Waals surface area contributed by atoms with Crippen LogP contribution >= 0.6 is 0 Å². The fourth-order valence-electron chi connectivity index (χ4n) is 10.9. The van der Waals surface area contributed by atoms with Gasteiger partial charge in [0.25, 0.3) is 0 Å². The minimum atomic E-state index is -2.13. The summed E-state index contributed by atoms with van der Waals surface area (Å²) in [4.78, 5) is 14.3. The number of aliphatic hydroxyl groups is 3. The van der Waals surface area contributed by atoms with Gasteiger partial charge in [-0.25, -0.2) is 0 Å². The summed E-state index contributed by atoms with van der Waals surface area (Å²) in [6.07, 6.45) is 16.4. The fraction of sp³-hybridized carbons (Fsp3) is 0.861. The summed E-state index contributed by atoms with van der Waals surface area (Å²) < 4.78 is 27.3. The van der Waals surface area contributed by atoms with Crippen molar-refractivity contribution in [2.45, 2.75) is 157 Å². The quantitative estimate of drug-likeness (QED) is 0.290. The highest BCUT2D eigenvalue weighted by atomic mass is 16.9. The number of fused-ring (bicyclic) bond motifs is 1. The van der Waals surface area contributed by atoms with Gasteiger partial charge in [0.1, 0.15) is 29.5 Å². The van der Waals surface area contributed by atoms with E-state index in [2.05, 4.69) is 19.6 Å². The molecule has 3 aliphatic carbocycles. The van der Waals surface area contributed by atoms with Gasteiger partial charge in [-0.15, -0.1) is 0 Å². The second-order valence-corrected chi connectivity index (χ2v) is 15.5. The number of epoxide rings is 1. The lowest BCUT2D eigenvalue weighted by molar-refractivity contribution is -0.412. The molecule has 2 spiro atoms. The average Bonchev–Trinajstić information content (AvgIpc) is 3.64. The number of rotatable bonds is 2. The SMILES string of the molecule is C=C(C)[C@]12C[C@@H](C)[C@@]34OC5(/C=C\CCCCCCCCCCCCC[C@H]6[C@H](C)C(=O)[C@@](O)([C@H](O)[C@@]7(CO)O[C@H]7[C@H]3[C@H]1O5)[C@@H]64)O2. The minimum Gasteiger partial charge on any atom is -0.393 e. The molecule has 0 radical (unpaired) electrons. The molecule has 1 unspecified atom stereocenters. The van der Waals surface area contributed by atoms with Gasteiger partial charge >= 0.3 is 5.97 Å². The topological polar surface area (TPSA) is 118 Å². The molecule has 8 heteroatoms. The number of ether oxygens (including phenoxy) is 4. The Morgan fingerprint density at radius 1 is 0.955 bits per heavy atom. The zero-order chi connectivity index (χ0) is 31.1. The van der Waals surface area contributed by atoms with Crippen LogP contribution in [0.1, 0.15) is 111 Å². The molecule has 0 aromatic rings. The smallest absolute Gasteiger partial charge is 0.306 e. The van der Waals surface area contributed by atoms with Crippen molar-refractivity contribution in [1.29, 1.82) is 0 Å². The third-order valence-corrected chi connectivity index (χ3v) is 13.1. The first kappa shape index (κ1) is 31.5. The van der Waals surface area contributed by atoms with E-state index >= 15 is 0 Å². The van der Waals surface area contributed by atoms with Crippen LogP contribution in [0.5, 0.6) is 0 Å². The van der Waals surface area contributed by atoms with Crippen LogP contribution in [0.2, 0.25) is 0 Å². The predicted molar refractivity (Wildman–Crippen MR) is 163 cm³/mol. The van der Waals surface area contributed by atoms with Crippen molar-refractivity contribution >= 4 is 5.78 Å². The first-order valence-electron chi connectivity index (χ1n) is 17.7. The van der Waals surface area contributed by atoms with Gasteiger partial charge in [-0.1, -0.05) is 90.7 Å². The normalized spacial score (nSPS) is 54.7. The first-order chi connectivity index (χ1) is 21.0. The van der Waals surface area contributed by atoms with E-state index in [0.717, 1.165) is 44.1 Å². The van der Waals surface area contributed by atoms with Crippen LogP contribution in [0.3, 0.4) is 0 Å². The number of hydrogen-bond acceptors (Lipinski definition) is 8. The highest BCUT2D eigenvalue weighted by Gasteiger charge is 2.89. The zero-order valence-corrected chi connectivity index (χ0v) is 27.0. The number of carbonyl (C=O) groups is 1. The van der Waals surface area contributed by atoms with Crippen molar-refractivity contribution in [3.8, 4) is 0 Å². The molecule has 0 aromatic heterocycles. The molecule has 13 atom stereocenters. The molecule has 246 valence electrons. The Balaban J connectivity index is 1.37. The number of Topliss-reactive ketones (excluding diaryl/α,β-unsaturated/α-hetero) is 1. The predicted octanol–water partition coefficient (Wildman–Crippen LogP) is 5.12. The highest BCUT2D eigenvalue weighted by molar-refractivity contribution is 5.93. The second-order valence-electron chi connectivity index (χ2n) is 15.5. The summed E-state index contributed by atoms with van der Waals surface area (Å²) in [5.41, 5.74) is -4.74. The third-order valence-electron chi connectivity index (χ3n) is 13.1. The molecule has 3 saturated carbocycles. The molecular formula is C36H54O8. The van der Waals surface area contributed by atoms with Gasteiger partial charge in [-0.2, -0.15) is 0 Å². The van der Waals surface area contributed by atoms with Gasteiger partial charge in [-0.05, 0) is 50.0 Å². The van der Waals surface area contributed by atoms with E-state index in [1.807, 2.05) is 19.9 Å². The van der Waals surface area contributed by atoms with E-state index in [0.29, 0.717) is 6.42 Å². The molecule has 3 saturated heterocycles. The molecule has 7 rings (SSSR count). The van der Waals surface area contributed by atoms with Crippen molar-refractivity contribution < 1.29 is 39.1 Å². The van der Waals surface area contributed by atoms with E-state index in [1.165, 1.54) is 44.9 Å². The third kappa shape index (κ3) is 4.10. The standard InChI is InChI=1S/C36H54O8/c1-22(2)32-20-23(3)36-26-29(32)42-34(43-32,44-36)19-17-15-13-11-9-7-5-6-8-10-12-14-16-18-25-24(4)28(38)35(40,27(25)36)31(39)33(21-37)30(26)41-33/h17,19,23-27,29-31,37,39-40H,1,5-16,18,20-21H2,2-4H3/b19-17-/t23-,24+,25+,26-,27-,29-,30+,31-,32-,33+,34?,35-,36-/m1/s1. The van der Waals surface area contributed by atoms with Gasteiger partial charge in [0.2, 0.25) is 0 Å². The number of ketones is 1. The summed E-state index contributed by atoms with van der Waals surface area (Å²) in [6, 6.07) is 0. The Morgan fingerprint density at radius 2 is 1.59 bits per heavy atom. The summed E-state index contributed by atoms with van der Waals surface area (Å²) in [5.74, 6) is -3.92. The van der Waals surface area contributed by atoms with E-state index in [9.17, 15) is 20.1 Å². The first-order valence-corrected chi connectivity index (χ1v) is 17.7. The van der Waals surface area contributed by atoms with Crippen molar-refractivity contribution in [3.05, 3.63) is 24.3 Å². The molecule has 44 heavy (non-hydrogen) atoms. The van der Waals surface area contributed by atoms with Crippen LogP contribution in [0.15, 0.2) is 24.3 Å². The Bertz CT molecular complexity index is 1190. The van der Waals surface area contributed by atoms with Crippen molar-refractivity contribution in [1.82, 2.24) is 0 Å². The Morgan fingerprint density at radius 3 is 2.23 bits per heavy atom. The summed E-state index contributed by atoms with van der Waals surface area (Å²) in [6.45, 7) is 9.85. The van der Waals surface area contributed by atoms with Crippen LogP contribution < -0.4 is 0 Å². The van der Waals surface area contributed by atoms with Gasteiger partial charge in [0.05, 0.1) is 12.2 Å². The Kier molecular flexibility index (Phi) is 7.84. The molecule has 3 bridgehead atoms. The molecule has 7 aliphatic rings. The average molecular weight is 615 g/mol. The van der Waals surface area contributed by atoms with Crippen molar-refractivity contribution in [2.75, 3.05) is 6.61 Å². The van der Waals surface area contributed by atoms with Gasteiger partial charge in [0, 0.05) is 23.8 Å². The highest BCUT2D eigenvalue weighted by Crippen LogP contribution is 2.74. The van der Waals surface area contributed by atoms with Gasteiger partial charge in [-0.3, -0.25) is 4.79 Å². The molecule has 4 aliphatic heterocycles. The number of carbonyl (C=O) groups excluding carboxylic acids is 1. The van der Waals surface area contributed by atoms with Crippen molar-refractivity contribution in [3.63, 3.8) is 0 Å².